The summed E-state index contributed by atoms with van der Waals surface area (Å²) >= 11 is 0. The van der Waals surface area contributed by atoms with Gasteiger partial charge in [0.25, 0.3) is 0 Å². The average Bonchev–Trinajstić information content (AvgIpc) is 2.83. The Morgan fingerprint density at radius 1 is 0.871 bits per heavy atom. The molecule has 2 nitrogen and oxygen atoms in total. The monoisotopic (exact) mass is 419 g/mol. The molecule has 0 aliphatic carbocycles. The van der Waals surface area contributed by atoms with Crippen LogP contribution in [-0.4, -0.2) is 13.7 Å². The second-order valence-corrected chi connectivity index (χ2v) is 7.50. The minimum Gasteiger partial charge on any atom is -0.497 e. The van der Waals surface area contributed by atoms with E-state index in [0.29, 0.717) is 0 Å². The summed E-state index contributed by atoms with van der Waals surface area (Å²) in [6, 6.07) is 18.1. The molecule has 168 valence electrons. The van der Waals surface area contributed by atoms with Crippen molar-refractivity contribution in [3.05, 3.63) is 91.0 Å². The number of unbranched alkanes of at least 4 members (excludes halogenated alkanes) is 6. The molecule has 0 heterocycles. The zero-order chi connectivity index (χ0) is 22.6. The Morgan fingerprint density at radius 3 is 2.03 bits per heavy atom. The third-order valence-corrected chi connectivity index (χ3v) is 4.96. The fourth-order valence-corrected chi connectivity index (χ4v) is 3.07. The summed E-state index contributed by atoms with van der Waals surface area (Å²) in [5.41, 5.74) is 3.35. The van der Waals surface area contributed by atoms with Crippen molar-refractivity contribution in [3.63, 3.8) is 0 Å². The van der Waals surface area contributed by atoms with E-state index < -0.39 is 0 Å². The van der Waals surface area contributed by atoms with Gasteiger partial charge >= 0.3 is 0 Å². The van der Waals surface area contributed by atoms with Gasteiger partial charge in [-0.1, -0.05) is 120 Å². The SMILES string of the molecule is C=C/C(=C\C=C\CNc1ccc(OC)cc1)c1ccccc1.CCCCCCCCC. The molecule has 0 saturated heterocycles. The van der Waals surface area contributed by atoms with E-state index in [0.717, 1.165) is 23.6 Å². The van der Waals surface area contributed by atoms with Crippen molar-refractivity contribution in [3.8, 4) is 5.75 Å². The molecule has 0 spiro atoms. The number of anilines is 1. The van der Waals surface area contributed by atoms with Crippen LogP contribution in [0.1, 0.15) is 64.4 Å². The molecule has 0 aliphatic heterocycles. The molecule has 0 fully saturated rings. The number of hydrogen-bond donors (Lipinski definition) is 1. The molecular formula is C29H41NO. The molecule has 0 bridgehead atoms. The molecule has 2 aromatic carbocycles. The smallest absolute Gasteiger partial charge is 0.119 e. The van der Waals surface area contributed by atoms with Crippen molar-refractivity contribution in [1.29, 1.82) is 0 Å². The lowest BCUT2D eigenvalue weighted by molar-refractivity contribution is 0.415. The molecule has 31 heavy (non-hydrogen) atoms. The summed E-state index contributed by atoms with van der Waals surface area (Å²) in [6.45, 7) is 9.16. The Bertz CT molecular complexity index is 738. The van der Waals surface area contributed by atoms with Crippen LogP contribution in [0.25, 0.3) is 5.57 Å². The predicted molar refractivity (Wildman–Crippen MR) is 139 cm³/mol. The van der Waals surface area contributed by atoms with E-state index in [4.69, 9.17) is 4.74 Å². The van der Waals surface area contributed by atoms with Gasteiger partial charge in [-0.25, -0.2) is 0 Å². The third-order valence-electron chi connectivity index (χ3n) is 4.96. The molecule has 0 aromatic heterocycles. The molecule has 0 atom stereocenters. The highest BCUT2D eigenvalue weighted by molar-refractivity contribution is 5.74. The fraction of sp³-hybridized carbons (Fsp3) is 0.379. The minimum atomic E-state index is 0.766. The largest absolute Gasteiger partial charge is 0.497 e. The van der Waals surface area contributed by atoms with Crippen LogP contribution in [0.2, 0.25) is 0 Å². The quantitative estimate of drug-likeness (QED) is 0.259. The fourth-order valence-electron chi connectivity index (χ4n) is 3.07. The van der Waals surface area contributed by atoms with Crippen LogP contribution in [0.4, 0.5) is 5.69 Å². The van der Waals surface area contributed by atoms with Gasteiger partial charge in [0.1, 0.15) is 5.75 Å². The second kappa shape index (κ2) is 18.1. The van der Waals surface area contributed by atoms with Crippen LogP contribution in [0, 0.1) is 0 Å². The van der Waals surface area contributed by atoms with Crippen molar-refractivity contribution in [2.24, 2.45) is 0 Å². The highest BCUT2D eigenvalue weighted by Gasteiger charge is 1.94. The van der Waals surface area contributed by atoms with Crippen molar-refractivity contribution in [2.45, 2.75) is 58.8 Å². The normalized spacial score (nSPS) is 11.0. The molecule has 0 radical (unpaired) electrons. The molecule has 1 N–H and O–H groups in total. The Morgan fingerprint density at radius 2 is 1.48 bits per heavy atom. The Labute approximate surface area is 190 Å². The van der Waals surface area contributed by atoms with Crippen LogP contribution in [0.15, 0.2) is 85.5 Å². The Hall–Kier alpha value is -2.74. The summed E-state index contributed by atoms with van der Waals surface area (Å²) < 4.78 is 5.13. The summed E-state index contributed by atoms with van der Waals surface area (Å²) in [4.78, 5) is 0. The van der Waals surface area contributed by atoms with Gasteiger partial charge in [0.05, 0.1) is 7.11 Å². The van der Waals surface area contributed by atoms with E-state index in [9.17, 15) is 0 Å². The van der Waals surface area contributed by atoms with Crippen LogP contribution in [0.5, 0.6) is 5.75 Å². The maximum atomic E-state index is 5.13. The van der Waals surface area contributed by atoms with Gasteiger partial charge in [-0.2, -0.15) is 0 Å². The van der Waals surface area contributed by atoms with Crippen molar-refractivity contribution >= 4 is 11.3 Å². The predicted octanol–water partition coefficient (Wildman–Crippen LogP) is 8.69. The number of rotatable bonds is 13. The first-order valence-electron chi connectivity index (χ1n) is 11.7. The molecule has 0 unspecified atom stereocenters. The maximum absolute atomic E-state index is 5.13. The zero-order valence-corrected chi connectivity index (χ0v) is 19.8. The third kappa shape index (κ3) is 12.5. The number of methoxy groups -OCH3 is 1. The number of benzene rings is 2. The van der Waals surface area contributed by atoms with E-state index >= 15 is 0 Å². The minimum absolute atomic E-state index is 0.766. The lowest BCUT2D eigenvalue weighted by Crippen LogP contribution is -1.97. The number of nitrogens with one attached hydrogen (secondary N) is 1. The highest BCUT2D eigenvalue weighted by Crippen LogP contribution is 2.16. The van der Waals surface area contributed by atoms with Gasteiger partial charge in [0.15, 0.2) is 0 Å². The molecule has 0 amide bonds. The van der Waals surface area contributed by atoms with E-state index in [1.807, 2.05) is 54.6 Å². The van der Waals surface area contributed by atoms with E-state index in [1.165, 1.54) is 50.5 Å². The van der Waals surface area contributed by atoms with Gasteiger partial charge in [0, 0.05) is 12.2 Å². The van der Waals surface area contributed by atoms with Gasteiger partial charge < -0.3 is 10.1 Å². The van der Waals surface area contributed by atoms with Crippen LogP contribution in [0.3, 0.4) is 0 Å². The lowest BCUT2D eigenvalue weighted by atomic mass is 10.1. The molecule has 2 aromatic rings. The van der Waals surface area contributed by atoms with Gasteiger partial charge in [0.2, 0.25) is 0 Å². The van der Waals surface area contributed by atoms with E-state index in [-0.39, 0.29) is 0 Å². The molecule has 2 rings (SSSR count). The lowest BCUT2D eigenvalue weighted by Gasteiger charge is -2.04. The topological polar surface area (TPSA) is 21.3 Å². The van der Waals surface area contributed by atoms with Crippen molar-refractivity contribution in [2.75, 3.05) is 19.0 Å². The molecule has 2 heteroatoms. The summed E-state index contributed by atoms with van der Waals surface area (Å²) in [5.74, 6) is 0.863. The first kappa shape index (κ1) is 26.3. The number of allylic oxidation sites excluding steroid dienone is 4. The van der Waals surface area contributed by atoms with Crippen molar-refractivity contribution in [1.82, 2.24) is 0 Å². The first-order valence-corrected chi connectivity index (χ1v) is 11.7. The summed E-state index contributed by atoms with van der Waals surface area (Å²) in [7, 11) is 1.67. The van der Waals surface area contributed by atoms with E-state index in [1.54, 1.807) is 7.11 Å². The molecule has 0 saturated carbocycles. The zero-order valence-electron chi connectivity index (χ0n) is 19.8. The van der Waals surface area contributed by atoms with Crippen LogP contribution in [-0.2, 0) is 0 Å². The number of hydrogen-bond acceptors (Lipinski definition) is 2. The van der Waals surface area contributed by atoms with Crippen LogP contribution < -0.4 is 10.1 Å². The summed E-state index contributed by atoms with van der Waals surface area (Å²) in [6.07, 6.45) is 18.0. The average molecular weight is 420 g/mol. The Kier molecular flexibility index (Phi) is 15.3. The van der Waals surface area contributed by atoms with Crippen LogP contribution >= 0.6 is 0 Å². The number of ether oxygens (including phenoxy) is 1. The van der Waals surface area contributed by atoms with E-state index in [2.05, 4.69) is 50.0 Å². The van der Waals surface area contributed by atoms with Gasteiger partial charge in [-0.15, -0.1) is 0 Å². The standard InChI is InChI=1S/C20H21NO.C9H20/c1-3-17(18-10-5-4-6-11-18)9-7-8-16-21-19-12-14-20(22-2)15-13-19;1-3-5-7-9-8-6-4-2/h3-15,21H,1,16H2,2H3;3-9H2,1-2H3/b8-7+,17-9+;. The second-order valence-electron chi connectivity index (χ2n) is 7.50. The Balaban J connectivity index is 0.000000452. The first-order chi connectivity index (χ1) is 15.2. The molecular weight excluding hydrogens is 378 g/mol. The van der Waals surface area contributed by atoms with Crippen molar-refractivity contribution < 1.29 is 4.74 Å². The molecule has 0 aliphatic rings. The van der Waals surface area contributed by atoms with Gasteiger partial charge in [-0.05, 0) is 35.4 Å². The maximum Gasteiger partial charge on any atom is 0.119 e. The highest BCUT2D eigenvalue weighted by atomic mass is 16.5. The summed E-state index contributed by atoms with van der Waals surface area (Å²) in [5, 5.41) is 3.33. The van der Waals surface area contributed by atoms with Gasteiger partial charge in [-0.3, -0.25) is 0 Å².